The molecule has 0 fully saturated rings. The van der Waals surface area contributed by atoms with Crippen LogP contribution in [0.2, 0.25) is 0 Å². The Balaban J connectivity index is 2.82. The summed E-state index contributed by atoms with van der Waals surface area (Å²) in [4.78, 5) is 0. The van der Waals surface area contributed by atoms with Crippen molar-refractivity contribution in [3.63, 3.8) is 0 Å². The highest BCUT2D eigenvalue weighted by Crippen LogP contribution is 2.06. The molecule has 0 aliphatic carbocycles. The summed E-state index contributed by atoms with van der Waals surface area (Å²) in [6.45, 7) is 3.83. The minimum atomic E-state index is -3.25. The topological polar surface area (TPSA) is 92.7 Å². The van der Waals surface area contributed by atoms with Crippen molar-refractivity contribution in [2.75, 3.05) is 6.26 Å². The maximum atomic E-state index is 11.1. The Kier molecular flexibility index (Phi) is 3.26. The van der Waals surface area contributed by atoms with Gasteiger partial charge in [-0.1, -0.05) is 10.3 Å². The Labute approximate surface area is 92.9 Å². The molecule has 0 saturated heterocycles. The van der Waals surface area contributed by atoms with Crippen molar-refractivity contribution in [3.05, 3.63) is 4.77 Å². The van der Waals surface area contributed by atoms with Crippen LogP contribution in [0.5, 0.6) is 0 Å². The first-order valence-corrected chi connectivity index (χ1v) is 6.46. The number of nitrogens with one attached hydrogen (secondary N) is 2. The van der Waals surface area contributed by atoms with Crippen LogP contribution in [0.1, 0.15) is 13.8 Å². The number of nitrogens with zero attached hydrogens (tertiary/aromatic N) is 3. The van der Waals surface area contributed by atoms with Gasteiger partial charge in [-0.25, -0.2) is 17.8 Å². The second-order valence-electron chi connectivity index (χ2n) is 3.93. The minimum absolute atomic E-state index is 0.290. The lowest BCUT2D eigenvalue weighted by molar-refractivity contribution is 0.365. The van der Waals surface area contributed by atoms with E-state index in [-0.39, 0.29) is 0 Å². The summed E-state index contributed by atoms with van der Waals surface area (Å²) in [5.41, 5.74) is -0.653. The van der Waals surface area contributed by atoms with Gasteiger partial charge in [0.15, 0.2) is 0 Å². The number of hydrogen-bond acceptors (Lipinski definition) is 5. The molecule has 9 heteroatoms. The molecule has 0 unspecified atom stereocenters. The lowest BCUT2D eigenvalue weighted by Gasteiger charge is -2.24. The van der Waals surface area contributed by atoms with E-state index >= 15 is 0 Å². The molecule has 1 aromatic heterocycles. The van der Waals surface area contributed by atoms with Crippen LogP contribution in [0.25, 0.3) is 0 Å². The van der Waals surface area contributed by atoms with E-state index in [1.807, 2.05) is 0 Å². The molecule has 2 N–H and O–H groups in total. The molecule has 0 amide bonds. The van der Waals surface area contributed by atoms with E-state index in [0.29, 0.717) is 11.3 Å². The van der Waals surface area contributed by atoms with Crippen molar-refractivity contribution >= 4 is 22.2 Å². The summed E-state index contributed by atoms with van der Waals surface area (Å²) in [6, 6.07) is 0. The van der Waals surface area contributed by atoms with E-state index in [1.54, 1.807) is 13.8 Å². The minimum Gasteiger partial charge on any atom is -0.241 e. The van der Waals surface area contributed by atoms with Crippen molar-refractivity contribution < 1.29 is 8.42 Å². The van der Waals surface area contributed by atoms with Crippen LogP contribution < -0.4 is 4.72 Å². The molecule has 7 nitrogen and oxygen atoms in total. The zero-order valence-electron chi connectivity index (χ0n) is 8.68. The molecule has 0 aliphatic rings. The Hall–Kier alpha value is -0.800. The van der Waals surface area contributed by atoms with Gasteiger partial charge in [0.1, 0.15) is 0 Å². The van der Waals surface area contributed by atoms with Crippen LogP contribution in [-0.4, -0.2) is 40.4 Å². The molecule has 0 aliphatic heterocycles. The second kappa shape index (κ2) is 3.99. The van der Waals surface area contributed by atoms with Gasteiger partial charge < -0.3 is 0 Å². The molecule has 1 rings (SSSR count). The largest absolute Gasteiger partial charge is 0.241 e. The maximum Gasteiger partial charge on any atom is 0.238 e. The van der Waals surface area contributed by atoms with E-state index in [0.717, 1.165) is 6.26 Å². The summed E-state index contributed by atoms with van der Waals surface area (Å²) in [5.74, 6) is 0. The van der Waals surface area contributed by atoms with Crippen molar-refractivity contribution in [2.24, 2.45) is 0 Å². The smallest absolute Gasteiger partial charge is 0.238 e. The molecule has 86 valence electrons. The number of sulfonamides is 1. The van der Waals surface area contributed by atoms with Crippen LogP contribution in [0.15, 0.2) is 0 Å². The van der Waals surface area contributed by atoms with Gasteiger partial charge in [0.2, 0.25) is 14.8 Å². The van der Waals surface area contributed by atoms with Gasteiger partial charge in [0, 0.05) is 5.54 Å². The third-order valence-electron chi connectivity index (χ3n) is 1.55. The first kappa shape index (κ1) is 12.3. The van der Waals surface area contributed by atoms with E-state index < -0.39 is 15.6 Å². The van der Waals surface area contributed by atoms with E-state index in [1.165, 1.54) is 4.68 Å². The van der Waals surface area contributed by atoms with Crippen LogP contribution >= 0.6 is 12.2 Å². The van der Waals surface area contributed by atoms with Crippen LogP contribution in [0.4, 0.5) is 0 Å². The fourth-order valence-electron chi connectivity index (χ4n) is 1.25. The van der Waals surface area contributed by atoms with Gasteiger partial charge in [-0.2, -0.15) is 5.21 Å². The normalized spacial score (nSPS) is 13.0. The predicted octanol–water partition coefficient (Wildman–Crippen LogP) is -0.337. The number of tetrazole rings is 1. The predicted molar refractivity (Wildman–Crippen MR) is 57.3 cm³/mol. The first-order chi connectivity index (χ1) is 6.70. The van der Waals surface area contributed by atoms with Gasteiger partial charge in [0.25, 0.3) is 0 Å². The summed E-state index contributed by atoms with van der Waals surface area (Å²) < 4.78 is 26.4. The number of hydrogen-bond donors (Lipinski definition) is 2. The van der Waals surface area contributed by atoms with Crippen LogP contribution in [-0.2, 0) is 16.6 Å². The molecule has 0 radical (unpaired) electrons. The van der Waals surface area contributed by atoms with Crippen molar-refractivity contribution in [1.29, 1.82) is 0 Å². The maximum absolute atomic E-state index is 11.1. The number of rotatable bonds is 4. The Bertz CT molecular complexity index is 486. The molecule has 0 spiro atoms. The summed E-state index contributed by atoms with van der Waals surface area (Å²) in [7, 11) is -3.25. The van der Waals surface area contributed by atoms with Gasteiger partial charge >= 0.3 is 0 Å². The molecular weight excluding hydrogens is 238 g/mol. The summed E-state index contributed by atoms with van der Waals surface area (Å²) >= 11 is 4.88. The lowest BCUT2D eigenvalue weighted by atomic mass is 10.1. The highest BCUT2D eigenvalue weighted by Gasteiger charge is 2.23. The quantitative estimate of drug-likeness (QED) is 0.714. The molecule has 1 aromatic rings. The first-order valence-electron chi connectivity index (χ1n) is 4.16. The SMILES string of the molecule is CC(C)(Cn1[nH]nnc1=S)NS(C)(=O)=O. The standard InChI is InChI=1S/C6H13N5O2S2/c1-6(2,8-15(3,12)13)4-11-5(14)7-9-10-11/h8H,4H2,1-3H3,(H,7,10,14). The van der Waals surface area contributed by atoms with E-state index in [2.05, 4.69) is 20.2 Å². The average Bonchev–Trinajstić information content (AvgIpc) is 2.29. The number of H-pyrrole nitrogens is 1. The molecule has 0 aromatic carbocycles. The highest BCUT2D eigenvalue weighted by atomic mass is 32.2. The third kappa shape index (κ3) is 4.06. The van der Waals surface area contributed by atoms with E-state index in [4.69, 9.17) is 12.2 Å². The summed E-state index contributed by atoms with van der Waals surface area (Å²) in [5, 5.41) is 9.67. The molecule has 15 heavy (non-hydrogen) atoms. The van der Waals surface area contributed by atoms with E-state index in [9.17, 15) is 8.42 Å². The zero-order valence-corrected chi connectivity index (χ0v) is 10.3. The zero-order chi connectivity index (χ0) is 11.7. The van der Waals surface area contributed by atoms with Gasteiger partial charge in [-0.3, -0.25) is 0 Å². The number of aromatic amines is 1. The fraction of sp³-hybridized carbons (Fsp3) is 0.833. The molecule has 0 bridgehead atoms. The lowest BCUT2D eigenvalue weighted by Crippen LogP contribution is -2.46. The van der Waals surface area contributed by atoms with Crippen LogP contribution in [0.3, 0.4) is 0 Å². The van der Waals surface area contributed by atoms with Gasteiger partial charge in [-0.15, -0.1) is 0 Å². The van der Waals surface area contributed by atoms with Crippen LogP contribution in [0, 0.1) is 4.77 Å². The van der Waals surface area contributed by atoms with Crippen molar-refractivity contribution in [3.8, 4) is 0 Å². The Morgan fingerprint density at radius 2 is 2.20 bits per heavy atom. The van der Waals surface area contributed by atoms with Crippen molar-refractivity contribution in [2.45, 2.75) is 25.9 Å². The van der Waals surface area contributed by atoms with Crippen molar-refractivity contribution in [1.82, 2.24) is 24.9 Å². The number of aromatic nitrogens is 4. The highest BCUT2D eigenvalue weighted by molar-refractivity contribution is 7.88. The fourth-order valence-corrected chi connectivity index (χ4v) is 2.46. The average molecular weight is 251 g/mol. The van der Waals surface area contributed by atoms with Gasteiger partial charge in [0.05, 0.1) is 12.8 Å². The second-order valence-corrected chi connectivity index (χ2v) is 6.04. The molecule has 0 atom stereocenters. The Morgan fingerprint density at radius 1 is 1.60 bits per heavy atom. The monoisotopic (exact) mass is 251 g/mol. The molecule has 0 saturated carbocycles. The summed E-state index contributed by atoms with van der Waals surface area (Å²) in [6.07, 6.45) is 1.11. The molecular formula is C6H13N5O2S2. The molecule has 1 heterocycles. The Morgan fingerprint density at radius 3 is 2.60 bits per heavy atom. The third-order valence-corrected chi connectivity index (χ3v) is 2.77. The van der Waals surface area contributed by atoms with Gasteiger partial charge in [-0.05, 0) is 26.1 Å².